The van der Waals surface area contributed by atoms with Crippen LogP contribution in [0.3, 0.4) is 0 Å². The minimum Gasteiger partial charge on any atom is -0.437 e. The van der Waals surface area contributed by atoms with Crippen LogP contribution in [0.2, 0.25) is 5.02 Å². The number of aryl methyl sites for hydroxylation is 1. The maximum atomic E-state index is 6.02. The number of para-hydroxylation sites is 1. The Hall–Kier alpha value is -1.81. The van der Waals surface area contributed by atoms with Gasteiger partial charge in [0.05, 0.1) is 6.20 Å². The first-order valence-corrected chi connectivity index (χ1v) is 6.08. The van der Waals surface area contributed by atoms with E-state index in [1.54, 1.807) is 7.05 Å². The fraction of sp³-hybridized carbons (Fsp3) is 0.231. The molecular formula is C13H14ClN3O. The molecule has 2 aromatic rings. The molecule has 0 aliphatic carbocycles. The first-order valence-electron chi connectivity index (χ1n) is 5.70. The third-order valence-corrected chi connectivity index (χ3v) is 2.75. The first-order chi connectivity index (χ1) is 8.74. The number of halogens is 1. The molecule has 0 saturated carbocycles. The first kappa shape index (κ1) is 12.6. The minimum absolute atomic E-state index is 0.358. The van der Waals surface area contributed by atoms with Gasteiger partial charge in [0.1, 0.15) is 10.8 Å². The summed E-state index contributed by atoms with van der Waals surface area (Å²) in [6, 6.07) is 7.81. The minimum atomic E-state index is 0.358. The Morgan fingerprint density at radius 3 is 2.83 bits per heavy atom. The number of nitrogens with zero attached hydrogens (tertiary/aromatic N) is 2. The van der Waals surface area contributed by atoms with E-state index in [0.717, 1.165) is 17.7 Å². The molecule has 1 aromatic carbocycles. The molecule has 5 heteroatoms. The zero-order valence-corrected chi connectivity index (χ0v) is 11.0. The standard InChI is InChI=1S/C13H14ClN3O/c1-3-9-6-4-5-7-11(9)18-12-10(14)8-16-13(15-2)17-12/h4-8H,3H2,1-2H3,(H,15,16,17). The van der Waals surface area contributed by atoms with Gasteiger partial charge in [0.2, 0.25) is 11.8 Å². The maximum Gasteiger partial charge on any atom is 0.243 e. The van der Waals surface area contributed by atoms with Crippen molar-refractivity contribution in [1.82, 2.24) is 9.97 Å². The highest BCUT2D eigenvalue weighted by Gasteiger charge is 2.09. The second-order valence-electron chi connectivity index (χ2n) is 3.66. The van der Waals surface area contributed by atoms with Gasteiger partial charge in [0, 0.05) is 7.05 Å². The molecule has 0 amide bonds. The zero-order chi connectivity index (χ0) is 13.0. The quantitative estimate of drug-likeness (QED) is 0.917. The maximum absolute atomic E-state index is 6.02. The van der Waals surface area contributed by atoms with Crippen LogP contribution in [0.1, 0.15) is 12.5 Å². The molecule has 1 N–H and O–H groups in total. The number of hydrogen-bond donors (Lipinski definition) is 1. The highest BCUT2D eigenvalue weighted by molar-refractivity contribution is 6.31. The van der Waals surface area contributed by atoms with Crippen LogP contribution in [-0.4, -0.2) is 17.0 Å². The second kappa shape index (κ2) is 5.69. The molecule has 94 valence electrons. The summed E-state index contributed by atoms with van der Waals surface area (Å²) in [7, 11) is 1.74. The molecule has 0 saturated heterocycles. The van der Waals surface area contributed by atoms with Gasteiger partial charge in [-0.2, -0.15) is 4.98 Å². The number of rotatable bonds is 4. The van der Waals surface area contributed by atoms with E-state index in [4.69, 9.17) is 16.3 Å². The number of nitrogens with one attached hydrogen (secondary N) is 1. The molecule has 0 spiro atoms. The van der Waals surface area contributed by atoms with Gasteiger partial charge in [-0.3, -0.25) is 0 Å². The number of hydrogen-bond acceptors (Lipinski definition) is 4. The van der Waals surface area contributed by atoms with Crippen LogP contribution in [0.5, 0.6) is 11.6 Å². The van der Waals surface area contributed by atoms with Crippen molar-refractivity contribution in [1.29, 1.82) is 0 Å². The topological polar surface area (TPSA) is 47.0 Å². The van der Waals surface area contributed by atoms with Crippen molar-refractivity contribution in [2.75, 3.05) is 12.4 Å². The Bertz CT molecular complexity index is 546. The van der Waals surface area contributed by atoms with Gasteiger partial charge in [-0.1, -0.05) is 36.7 Å². The molecule has 0 bridgehead atoms. The molecule has 0 atom stereocenters. The molecule has 1 heterocycles. The molecule has 4 nitrogen and oxygen atoms in total. The lowest BCUT2D eigenvalue weighted by molar-refractivity contribution is 0.457. The van der Waals surface area contributed by atoms with Gasteiger partial charge in [0.15, 0.2) is 0 Å². The SMILES string of the molecule is CCc1ccccc1Oc1nc(NC)ncc1Cl. The van der Waals surface area contributed by atoms with Gasteiger partial charge in [-0.15, -0.1) is 0 Å². The predicted octanol–water partition coefficient (Wildman–Crippen LogP) is 3.53. The molecule has 1 aromatic heterocycles. The van der Waals surface area contributed by atoms with Crippen molar-refractivity contribution in [3.63, 3.8) is 0 Å². The van der Waals surface area contributed by atoms with Gasteiger partial charge < -0.3 is 10.1 Å². The van der Waals surface area contributed by atoms with Gasteiger partial charge >= 0.3 is 0 Å². The molecule has 2 rings (SSSR count). The van der Waals surface area contributed by atoms with E-state index >= 15 is 0 Å². The van der Waals surface area contributed by atoms with Gasteiger partial charge in [0.25, 0.3) is 0 Å². The van der Waals surface area contributed by atoms with Crippen molar-refractivity contribution < 1.29 is 4.74 Å². The number of aromatic nitrogens is 2. The number of anilines is 1. The van der Waals surface area contributed by atoms with E-state index in [-0.39, 0.29) is 0 Å². The van der Waals surface area contributed by atoms with Crippen LogP contribution >= 0.6 is 11.6 Å². The van der Waals surface area contributed by atoms with E-state index in [1.807, 2.05) is 24.3 Å². The summed E-state index contributed by atoms with van der Waals surface area (Å²) < 4.78 is 5.75. The van der Waals surface area contributed by atoms with Crippen molar-refractivity contribution in [3.8, 4) is 11.6 Å². The Morgan fingerprint density at radius 2 is 2.11 bits per heavy atom. The molecule has 0 radical (unpaired) electrons. The van der Waals surface area contributed by atoms with E-state index in [9.17, 15) is 0 Å². The summed E-state index contributed by atoms with van der Waals surface area (Å²) in [5.41, 5.74) is 1.11. The third kappa shape index (κ3) is 2.71. The summed E-state index contributed by atoms with van der Waals surface area (Å²) in [6.07, 6.45) is 2.40. The summed E-state index contributed by atoms with van der Waals surface area (Å²) in [5.74, 6) is 1.60. The van der Waals surface area contributed by atoms with Crippen molar-refractivity contribution in [2.45, 2.75) is 13.3 Å². The van der Waals surface area contributed by atoms with Gasteiger partial charge in [-0.05, 0) is 18.1 Å². The lowest BCUT2D eigenvalue weighted by Crippen LogP contribution is -1.99. The van der Waals surface area contributed by atoms with E-state index in [1.165, 1.54) is 6.20 Å². The molecule has 0 unspecified atom stereocenters. The largest absolute Gasteiger partial charge is 0.437 e. The number of ether oxygens (including phenoxy) is 1. The van der Waals surface area contributed by atoms with Crippen LogP contribution in [0.4, 0.5) is 5.95 Å². The monoisotopic (exact) mass is 263 g/mol. The lowest BCUT2D eigenvalue weighted by Gasteiger charge is -2.10. The van der Waals surface area contributed by atoms with Crippen LogP contribution < -0.4 is 10.1 Å². The Kier molecular flexibility index (Phi) is 3.99. The predicted molar refractivity (Wildman–Crippen MR) is 72.5 cm³/mol. The molecule has 0 aliphatic rings. The second-order valence-corrected chi connectivity index (χ2v) is 4.07. The molecule has 18 heavy (non-hydrogen) atoms. The summed E-state index contributed by atoms with van der Waals surface area (Å²) >= 11 is 6.02. The van der Waals surface area contributed by atoms with Crippen molar-refractivity contribution >= 4 is 17.5 Å². The molecule has 0 fully saturated rings. The van der Waals surface area contributed by atoms with E-state index < -0.39 is 0 Å². The van der Waals surface area contributed by atoms with Crippen LogP contribution in [0.25, 0.3) is 0 Å². The fourth-order valence-electron chi connectivity index (χ4n) is 1.54. The highest BCUT2D eigenvalue weighted by Crippen LogP contribution is 2.29. The average Bonchev–Trinajstić information content (AvgIpc) is 2.42. The smallest absolute Gasteiger partial charge is 0.243 e. The van der Waals surface area contributed by atoms with Crippen molar-refractivity contribution in [2.24, 2.45) is 0 Å². The van der Waals surface area contributed by atoms with Gasteiger partial charge in [-0.25, -0.2) is 4.98 Å². The normalized spacial score (nSPS) is 10.2. The summed E-state index contributed by atoms with van der Waals surface area (Å²) in [5, 5.41) is 3.24. The molecular weight excluding hydrogens is 250 g/mol. The van der Waals surface area contributed by atoms with Crippen LogP contribution in [-0.2, 0) is 6.42 Å². The highest BCUT2D eigenvalue weighted by atomic mass is 35.5. The Balaban J connectivity index is 2.33. The lowest BCUT2D eigenvalue weighted by atomic mass is 10.1. The van der Waals surface area contributed by atoms with Crippen LogP contribution in [0, 0.1) is 0 Å². The average molecular weight is 264 g/mol. The van der Waals surface area contributed by atoms with Crippen LogP contribution in [0.15, 0.2) is 30.5 Å². The molecule has 0 aliphatic heterocycles. The Labute approximate surface area is 111 Å². The Morgan fingerprint density at radius 1 is 1.33 bits per heavy atom. The number of benzene rings is 1. The summed E-state index contributed by atoms with van der Waals surface area (Å²) in [6.45, 7) is 2.07. The fourth-order valence-corrected chi connectivity index (χ4v) is 1.67. The van der Waals surface area contributed by atoms with E-state index in [0.29, 0.717) is 16.9 Å². The summed E-state index contributed by atoms with van der Waals surface area (Å²) in [4.78, 5) is 8.19. The third-order valence-electron chi connectivity index (χ3n) is 2.50. The zero-order valence-electron chi connectivity index (χ0n) is 10.3. The van der Waals surface area contributed by atoms with Crippen molar-refractivity contribution in [3.05, 3.63) is 41.0 Å². The van der Waals surface area contributed by atoms with E-state index in [2.05, 4.69) is 22.2 Å².